The lowest BCUT2D eigenvalue weighted by molar-refractivity contribution is 0.124. The van der Waals surface area contributed by atoms with Crippen LogP contribution in [0.3, 0.4) is 0 Å². The molecular weight excluding hydrogens is 180 g/mol. The van der Waals surface area contributed by atoms with Crippen LogP contribution in [0.25, 0.3) is 0 Å². The summed E-state index contributed by atoms with van der Waals surface area (Å²) in [6.07, 6.45) is 1.69. The van der Waals surface area contributed by atoms with Gasteiger partial charge in [0.1, 0.15) is 0 Å². The smallest absolute Gasteiger partial charge is 0.0823 e. The number of hydrogen-bond donors (Lipinski definition) is 1. The zero-order valence-corrected chi connectivity index (χ0v) is 9.14. The van der Waals surface area contributed by atoms with Gasteiger partial charge in [-0.05, 0) is 23.8 Å². The molecule has 0 aliphatic carbocycles. The van der Waals surface area contributed by atoms with E-state index < -0.39 is 0 Å². The molecule has 1 rings (SSSR count). The van der Waals surface area contributed by atoms with Crippen molar-refractivity contribution >= 4 is 11.8 Å². The van der Waals surface area contributed by atoms with Crippen molar-refractivity contribution in [3.05, 3.63) is 29.8 Å². The van der Waals surface area contributed by atoms with Crippen molar-refractivity contribution < 1.29 is 5.11 Å². The minimum atomic E-state index is -0.344. The van der Waals surface area contributed by atoms with Crippen LogP contribution >= 0.6 is 11.8 Å². The highest BCUT2D eigenvalue weighted by Gasteiger charge is 2.14. The highest BCUT2D eigenvalue weighted by Crippen LogP contribution is 2.29. The van der Waals surface area contributed by atoms with Crippen LogP contribution in [0.5, 0.6) is 0 Å². The molecule has 0 bridgehead atoms. The van der Waals surface area contributed by atoms with Gasteiger partial charge >= 0.3 is 0 Å². The molecule has 0 aliphatic heterocycles. The van der Waals surface area contributed by atoms with Crippen molar-refractivity contribution in [3.8, 4) is 0 Å². The van der Waals surface area contributed by atoms with Crippen molar-refractivity contribution in [2.75, 3.05) is 6.26 Å². The summed E-state index contributed by atoms with van der Waals surface area (Å²) in [6.45, 7) is 4.06. The Morgan fingerprint density at radius 3 is 2.38 bits per heavy atom. The van der Waals surface area contributed by atoms with Gasteiger partial charge in [0, 0.05) is 4.90 Å². The van der Waals surface area contributed by atoms with Crippen LogP contribution in [0.2, 0.25) is 0 Å². The van der Waals surface area contributed by atoms with Gasteiger partial charge in [-0.2, -0.15) is 0 Å². The lowest BCUT2D eigenvalue weighted by Gasteiger charge is -2.17. The second kappa shape index (κ2) is 4.68. The molecule has 1 aromatic rings. The Morgan fingerprint density at radius 2 is 1.85 bits per heavy atom. The molecule has 0 radical (unpaired) electrons. The highest BCUT2D eigenvalue weighted by molar-refractivity contribution is 7.98. The third-order valence-corrected chi connectivity index (χ3v) is 2.90. The van der Waals surface area contributed by atoms with Crippen molar-refractivity contribution in [2.45, 2.75) is 24.8 Å². The number of thioether (sulfide) groups is 1. The fourth-order valence-corrected chi connectivity index (χ4v) is 1.91. The van der Waals surface area contributed by atoms with Crippen LogP contribution in [0, 0.1) is 5.92 Å². The van der Waals surface area contributed by atoms with E-state index in [1.807, 2.05) is 44.4 Å². The van der Waals surface area contributed by atoms with E-state index in [9.17, 15) is 5.11 Å². The lowest BCUT2D eigenvalue weighted by atomic mass is 9.99. The molecule has 1 nitrogen and oxygen atoms in total. The molecule has 1 unspecified atom stereocenters. The maximum atomic E-state index is 9.90. The molecule has 0 fully saturated rings. The van der Waals surface area contributed by atoms with Crippen LogP contribution < -0.4 is 0 Å². The van der Waals surface area contributed by atoms with Gasteiger partial charge < -0.3 is 5.11 Å². The Bertz CT molecular complexity index is 271. The standard InChI is InChI=1S/C11H16OS/c1-8(2)11(12)9-6-4-5-7-10(9)13-3/h4-8,11-12H,1-3H3. The molecule has 2 heteroatoms. The molecule has 0 aliphatic rings. The number of benzene rings is 1. The van der Waals surface area contributed by atoms with Crippen LogP contribution in [0.1, 0.15) is 25.5 Å². The summed E-state index contributed by atoms with van der Waals surface area (Å²) in [7, 11) is 0. The van der Waals surface area contributed by atoms with Gasteiger partial charge in [-0.1, -0.05) is 32.0 Å². The normalized spacial score (nSPS) is 13.3. The van der Waals surface area contributed by atoms with E-state index in [2.05, 4.69) is 0 Å². The molecule has 0 saturated heterocycles. The Morgan fingerprint density at radius 1 is 1.23 bits per heavy atom. The van der Waals surface area contributed by atoms with Crippen LogP contribution in [-0.2, 0) is 0 Å². The summed E-state index contributed by atoms with van der Waals surface area (Å²) in [4.78, 5) is 1.17. The average Bonchev–Trinajstić information content (AvgIpc) is 2.16. The third-order valence-electron chi connectivity index (χ3n) is 2.09. The molecule has 0 heterocycles. The Labute approximate surface area is 84.2 Å². The maximum Gasteiger partial charge on any atom is 0.0823 e. The molecule has 0 amide bonds. The summed E-state index contributed by atoms with van der Waals surface area (Å²) in [5, 5.41) is 9.90. The van der Waals surface area contributed by atoms with Gasteiger partial charge in [0.2, 0.25) is 0 Å². The van der Waals surface area contributed by atoms with Crippen LogP contribution in [0.15, 0.2) is 29.2 Å². The van der Waals surface area contributed by atoms with Crippen LogP contribution in [0.4, 0.5) is 0 Å². The third kappa shape index (κ3) is 2.48. The first-order valence-corrected chi connectivity index (χ1v) is 5.70. The fourth-order valence-electron chi connectivity index (χ4n) is 1.27. The van der Waals surface area contributed by atoms with E-state index in [1.54, 1.807) is 11.8 Å². The number of hydrogen-bond acceptors (Lipinski definition) is 2. The predicted octanol–water partition coefficient (Wildman–Crippen LogP) is 3.10. The quantitative estimate of drug-likeness (QED) is 0.750. The van der Waals surface area contributed by atoms with Gasteiger partial charge in [-0.25, -0.2) is 0 Å². The molecule has 1 atom stereocenters. The van der Waals surface area contributed by atoms with Gasteiger partial charge in [-0.15, -0.1) is 11.8 Å². The number of aliphatic hydroxyl groups excluding tert-OH is 1. The second-order valence-corrected chi connectivity index (χ2v) is 4.28. The monoisotopic (exact) mass is 196 g/mol. The molecule has 0 saturated carbocycles. The van der Waals surface area contributed by atoms with Crippen molar-refractivity contribution in [3.63, 3.8) is 0 Å². The zero-order valence-electron chi connectivity index (χ0n) is 8.32. The topological polar surface area (TPSA) is 20.2 Å². The Hall–Kier alpha value is -0.470. The van der Waals surface area contributed by atoms with E-state index in [1.165, 1.54) is 4.90 Å². The van der Waals surface area contributed by atoms with E-state index in [4.69, 9.17) is 0 Å². The SMILES string of the molecule is CSc1ccccc1C(O)C(C)C. The highest BCUT2D eigenvalue weighted by atomic mass is 32.2. The predicted molar refractivity (Wildman–Crippen MR) is 58.0 cm³/mol. The first-order chi connectivity index (χ1) is 6.16. The Kier molecular flexibility index (Phi) is 3.82. The van der Waals surface area contributed by atoms with Crippen molar-refractivity contribution in [1.82, 2.24) is 0 Å². The molecule has 0 spiro atoms. The van der Waals surface area contributed by atoms with E-state index in [-0.39, 0.29) is 12.0 Å². The number of rotatable bonds is 3. The fraction of sp³-hybridized carbons (Fsp3) is 0.455. The molecule has 0 aromatic heterocycles. The molecule has 13 heavy (non-hydrogen) atoms. The lowest BCUT2D eigenvalue weighted by Crippen LogP contribution is -2.06. The minimum Gasteiger partial charge on any atom is -0.388 e. The minimum absolute atomic E-state index is 0.272. The van der Waals surface area contributed by atoms with E-state index >= 15 is 0 Å². The molecular formula is C11H16OS. The molecule has 1 aromatic carbocycles. The molecule has 72 valence electrons. The van der Waals surface area contributed by atoms with E-state index in [0.29, 0.717) is 0 Å². The average molecular weight is 196 g/mol. The summed E-state index contributed by atoms with van der Waals surface area (Å²) in [5.41, 5.74) is 1.05. The maximum absolute atomic E-state index is 9.90. The Balaban J connectivity index is 2.98. The van der Waals surface area contributed by atoms with Gasteiger partial charge in [0.05, 0.1) is 6.10 Å². The molecule has 1 N–H and O–H groups in total. The number of aliphatic hydroxyl groups is 1. The van der Waals surface area contributed by atoms with Crippen molar-refractivity contribution in [1.29, 1.82) is 0 Å². The largest absolute Gasteiger partial charge is 0.388 e. The summed E-state index contributed by atoms with van der Waals surface area (Å²) in [6, 6.07) is 8.02. The zero-order chi connectivity index (χ0) is 9.84. The summed E-state index contributed by atoms with van der Waals surface area (Å²) < 4.78 is 0. The summed E-state index contributed by atoms with van der Waals surface area (Å²) >= 11 is 1.68. The summed E-state index contributed by atoms with van der Waals surface area (Å²) in [5.74, 6) is 0.272. The van der Waals surface area contributed by atoms with Gasteiger partial charge in [0.15, 0.2) is 0 Å². The second-order valence-electron chi connectivity index (χ2n) is 3.43. The van der Waals surface area contributed by atoms with Gasteiger partial charge in [-0.3, -0.25) is 0 Å². The first-order valence-electron chi connectivity index (χ1n) is 4.47. The van der Waals surface area contributed by atoms with Gasteiger partial charge in [0.25, 0.3) is 0 Å². The van der Waals surface area contributed by atoms with E-state index in [0.717, 1.165) is 5.56 Å². The first kappa shape index (κ1) is 10.6. The van der Waals surface area contributed by atoms with Crippen molar-refractivity contribution in [2.24, 2.45) is 5.92 Å². The van der Waals surface area contributed by atoms with Crippen LogP contribution in [-0.4, -0.2) is 11.4 Å².